The zero-order valence-corrected chi connectivity index (χ0v) is 9.15. The summed E-state index contributed by atoms with van der Waals surface area (Å²) >= 11 is 16.8. The summed E-state index contributed by atoms with van der Waals surface area (Å²) in [4.78, 5) is 14.3. The van der Waals surface area contributed by atoms with E-state index >= 15 is 0 Å². The lowest BCUT2D eigenvalue weighted by molar-refractivity contribution is 0.119. The summed E-state index contributed by atoms with van der Waals surface area (Å²) in [6, 6.07) is 1.32. The van der Waals surface area contributed by atoms with Crippen molar-refractivity contribution in [2.75, 3.05) is 7.11 Å². The molecule has 0 bridgehead atoms. The Bertz CT molecular complexity index is 369. The van der Waals surface area contributed by atoms with Crippen molar-refractivity contribution in [2.45, 2.75) is 0 Å². The van der Waals surface area contributed by atoms with Gasteiger partial charge in [0.25, 0.3) is 0 Å². The molecule has 0 saturated heterocycles. The van der Waals surface area contributed by atoms with Gasteiger partial charge in [-0.2, -0.15) is 4.98 Å². The van der Waals surface area contributed by atoms with E-state index in [9.17, 15) is 4.79 Å². The summed E-state index contributed by atoms with van der Waals surface area (Å²) < 4.78 is 8.83. The molecule has 0 saturated carbocycles. The number of ether oxygens (including phenoxy) is 2. The minimum atomic E-state index is -0.933. The van der Waals surface area contributed by atoms with Gasteiger partial charge in [-0.15, -0.1) is 0 Å². The van der Waals surface area contributed by atoms with E-state index in [1.54, 1.807) is 0 Å². The summed E-state index contributed by atoms with van der Waals surface area (Å²) in [5, 5.41) is 0.244. The normalized spacial score (nSPS) is 9.71. The lowest BCUT2D eigenvalue weighted by Crippen LogP contribution is -2.08. The maximum atomic E-state index is 10.7. The van der Waals surface area contributed by atoms with Gasteiger partial charge in [-0.1, -0.05) is 34.8 Å². The predicted octanol–water partition coefficient (Wildman–Crippen LogP) is 3.19. The lowest BCUT2D eigenvalue weighted by Gasteiger charge is -2.04. The van der Waals surface area contributed by atoms with Crippen LogP contribution in [0, 0.1) is 0 Å². The molecule has 1 rings (SSSR count). The van der Waals surface area contributed by atoms with Crippen molar-refractivity contribution >= 4 is 41.0 Å². The van der Waals surface area contributed by atoms with Crippen molar-refractivity contribution in [1.82, 2.24) is 4.98 Å². The number of carbonyl (C=O) groups excluding carboxylic acids is 1. The number of hydrogen-bond donors (Lipinski definition) is 0. The molecule has 0 radical (unpaired) electrons. The summed E-state index contributed by atoms with van der Waals surface area (Å²) in [5.74, 6) is -0.145. The van der Waals surface area contributed by atoms with Crippen LogP contribution in [0.4, 0.5) is 4.79 Å². The molecule has 76 valence electrons. The number of aromatic nitrogens is 1. The Hall–Kier alpha value is -0.710. The second kappa shape index (κ2) is 4.68. The molecule has 0 aromatic carbocycles. The maximum absolute atomic E-state index is 10.7. The molecule has 0 spiro atoms. The molecule has 14 heavy (non-hydrogen) atoms. The molecule has 4 nitrogen and oxygen atoms in total. The first-order chi connectivity index (χ1) is 6.54. The van der Waals surface area contributed by atoms with E-state index < -0.39 is 6.16 Å². The molecule has 0 N–H and O–H groups in total. The molecule has 0 atom stereocenters. The van der Waals surface area contributed by atoms with Crippen LogP contribution in [0.1, 0.15) is 0 Å². The smallest absolute Gasteiger partial charge is 0.437 e. The number of hydrogen-bond acceptors (Lipinski definition) is 4. The van der Waals surface area contributed by atoms with Crippen molar-refractivity contribution in [2.24, 2.45) is 0 Å². The van der Waals surface area contributed by atoms with E-state index in [2.05, 4.69) is 14.5 Å². The summed E-state index contributed by atoms with van der Waals surface area (Å²) in [5.41, 5.74) is 0. The average molecular weight is 256 g/mol. The summed E-state index contributed by atoms with van der Waals surface area (Å²) in [6.45, 7) is 0. The third-order valence-electron chi connectivity index (χ3n) is 1.20. The summed E-state index contributed by atoms with van der Waals surface area (Å²) in [7, 11) is 1.16. The number of nitrogens with zero attached hydrogens (tertiary/aromatic N) is 1. The molecule has 1 aromatic rings. The van der Waals surface area contributed by atoms with Gasteiger partial charge in [0.05, 0.1) is 12.1 Å². The van der Waals surface area contributed by atoms with Gasteiger partial charge in [0.2, 0.25) is 5.88 Å². The van der Waals surface area contributed by atoms with E-state index in [1.165, 1.54) is 6.07 Å². The molecule has 0 aliphatic heterocycles. The predicted molar refractivity (Wildman–Crippen MR) is 52.3 cm³/mol. The van der Waals surface area contributed by atoms with Crippen LogP contribution in [0.5, 0.6) is 5.88 Å². The van der Waals surface area contributed by atoms with Crippen LogP contribution >= 0.6 is 34.8 Å². The molecule has 7 heteroatoms. The van der Waals surface area contributed by atoms with E-state index in [1.807, 2.05) is 0 Å². The first kappa shape index (κ1) is 11.4. The van der Waals surface area contributed by atoms with E-state index in [0.29, 0.717) is 0 Å². The second-order valence-corrected chi connectivity index (χ2v) is 3.28. The van der Waals surface area contributed by atoms with Crippen molar-refractivity contribution in [3.8, 4) is 5.88 Å². The Kier molecular flexibility index (Phi) is 3.80. The minimum absolute atomic E-state index is 0.00466. The van der Waals surface area contributed by atoms with Crippen molar-refractivity contribution < 1.29 is 14.3 Å². The third kappa shape index (κ3) is 2.64. The van der Waals surface area contributed by atoms with Gasteiger partial charge in [0.15, 0.2) is 5.15 Å². The molecule has 0 aliphatic rings. The fraction of sp³-hybridized carbons (Fsp3) is 0.143. The zero-order valence-electron chi connectivity index (χ0n) is 6.88. The van der Waals surface area contributed by atoms with Crippen LogP contribution in [-0.4, -0.2) is 18.2 Å². The minimum Gasteiger partial charge on any atom is -0.437 e. The van der Waals surface area contributed by atoms with E-state index in [-0.39, 0.29) is 21.1 Å². The number of rotatable bonds is 1. The maximum Gasteiger partial charge on any atom is 0.514 e. The van der Waals surface area contributed by atoms with E-state index in [0.717, 1.165) is 7.11 Å². The molecule has 0 unspecified atom stereocenters. The van der Waals surface area contributed by atoms with Crippen LogP contribution < -0.4 is 4.74 Å². The number of methoxy groups -OCH3 is 1. The van der Waals surface area contributed by atoms with Gasteiger partial charge in [-0.05, 0) is 6.07 Å². The Labute approximate surface area is 94.7 Å². The van der Waals surface area contributed by atoms with Gasteiger partial charge in [-0.3, -0.25) is 0 Å². The van der Waals surface area contributed by atoms with Crippen LogP contribution in [0.3, 0.4) is 0 Å². The van der Waals surface area contributed by atoms with Gasteiger partial charge >= 0.3 is 6.16 Å². The van der Waals surface area contributed by atoms with Gasteiger partial charge in [0.1, 0.15) is 5.02 Å². The molecular weight excluding hydrogens is 252 g/mol. The SMILES string of the molecule is COC(=O)Oc1nc(Cl)c(Cl)cc1Cl. The van der Waals surface area contributed by atoms with Crippen LogP contribution in [0.25, 0.3) is 0 Å². The highest BCUT2D eigenvalue weighted by Crippen LogP contribution is 2.30. The second-order valence-electron chi connectivity index (χ2n) is 2.10. The highest BCUT2D eigenvalue weighted by molar-refractivity contribution is 6.42. The number of halogens is 3. The van der Waals surface area contributed by atoms with Crippen molar-refractivity contribution in [1.29, 1.82) is 0 Å². The largest absolute Gasteiger partial charge is 0.514 e. The lowest BCUT2D eigenvalue weighted by atomic mass is 10.5. The fourth-order valence-electron chi connectivity index (χ4n) is 0.621. The van der Waals surface area contributed by atoms with Crippen molar-refractivity contribution in [3.63, 3.8) is 0 Å². The van der Waals surface area contributed by atoms with Crippen molar-refractivity contribution in [3.05, 3.63) is 21.3 Å². The summed E-state index contributed by atoms with van der Waals surface area (Å²) in [6.07, 6.45) is -0.933. The Balaban J connectivity index is 2.98. The molecule has 1 heterocycles. The van der Waals surface area contributed by atoms with Crippen LogP contribution in [-0.2, 0) is 4.74 Å². The molecule has 1 aromatic heterocycles. The molecule has 0 aliphatic carbocycles. The Morgan fingerprint density at radius 1 is 1.36 bits per heavy atom. The number of carbonyl (C=O) groups is 1. The third-order valence-corrected chi connectivity index (χ3v) is 2.14. The highest BCUT2D eigenvalue weighted by Gasteiger charge is 2.12. The Morgan fingerprint density at radius 2 is 2.00 bits per heavy atom. The van der Waals surface area contributed by atoms with Gasteiger partial charge in [0, 0.05) is 0 Å². The number of pyridine rings is 1. The van der Waals surface area contributed by atoms with Gasteiger partial charge < -0.3 is 9.47 Å². The Morgan fingerprint density at radius 3 is 2.57 bits per heavy atom. The van der Waals surface area contributed by atoms with Gasteiger partial charge in [-0.25, -0.2) is 4.79 Å². The molecule has 0 amide bonds. The topological polar surface area (TPSA) is 48.4 Å². The monoisotopic (exact) mass is 255 g/mol. The fourth-order valence-corrected chi connectivity index (χ4v) is 1.15. The average Bonchev–Trinajstić information content (AvgIpc) is 2.14. The first-order valence-electron chi connectivity index (χ1n) is 3.32. The van der Waals surface area contributed by atoms with E-state index in [4.69, 9.17) is 34.8 Å². The quantitative estimate of drug-likeness (QED) is 0.572. The van der Waals surface area contributed by atoms with Crippen LogP contribution in [0.2, 0.25) is 15.2 Å². The molecule has 0 fully saturated rings. The van der Waals surface area contributed by atoms with Crippen LogP contribution in [0.15, 0.2) is 6.07 Å². The standard InChI is InChI=1S/C7H4Cl3NO3/c1-13-7(12)14-6-4(9)2-3(8)5(10)11-6/h2H,1H3. The zero-order chi connectivity index (χ0) is 10.7. The highest BCUT2D eigenvalue weighted by atomic mass is 35.5. The molecular formula is C7H4Cl3NO3. The first-order valence-corrected chi connectivity index (χ1v) is 4.45.